The van der Waals surface area contributed by atoms with Gasteiger partial charge in [0.05, 0.1) is 22.3 Å². The molecule has 0 bridgehead atoms. The Labute approximate surface area is 149 Å². The van der Waals surface area contributed by atoms with Crippen LogP contribution in [0.3, 0.4) is 0 Å². The van der Waals surface area contributed by atoms with E-state index in [4.69, 9.17) is 0 Å². The third-order valence-electron chi connectivity index (χ3n) is 4.84. The summed E-state index contributed by atoms with van der Waals surface area (Å²) in [5.41, 5.74) is 3.53. The van der Waals surface area contributed by atoms with Crippen molar-refractivity contribution in [3.63, 3.8) is 0 Å². The lowest BCUT2D eigenvalue weighted by Crippen LogP contribution is -2.20. The van der Waals surface area contributed by atoms with Crippen molar-refractivity contribution in [3.05, 3.63) is 69.8 Å². The molecule has 0 radical (unpaired) electrons. The van der Waals surface area contributed by atoms with E-state index < -0.39 is 0 Å². The Morgan fingerprint density at radius 2 is 1.00 bits per heavy atom. The van der Waals surface area contributed by atoms with E-state index in [0.29, 0.717) is 35.1 Å². The van der Waals surface area contributed by atoms with Crippen LogP contribution in [0.4, 0.5) is 0 Å². The molecule has 0 fully saturated rings. The summed E-state index contributed by atoms with van der Waals surface area (Å²) in [6.45, 7) is 0. The summed E-state index contributed by atoms with van der Waals surface area (Å²) in [5.74, 6) is -1.36. The zero-order chi connectivity index (χ0) is 18.3. The number of aryl methyl sites for hydroxylation is 2. The highest BCUT2D eigenvalue weighted by molar-refractivity contribution is 6.22. The largest absolute Gasteiger partial charge is 0.288 e. The molecule has 0 unspecified atom stereocenters. The number of carbonyl (C=O) groups is 4. The third-order valence-corrected chi connectivity index (χ3v) is 4.84. The molecular formula is C20H16N2O4. The summed E-state index contributed by atoms with van der Waals surface area (Å²) in [4.78, 5) is 47.3. The van der Waals surface area contributed by atoms with Gasteiger partial charge in [-0.3, -0.25) is 29.8 Å². The van der Waals surface area contributed by atoms with E-state index in [-0.39, 0.29) is 23.6 Å². The molecule has 0 aliphatic carbocycles. The molecule has 2 N–H and O–H groups in total. The Morgan fingerprint density at radius 1 is 0.577 bits per heavy atom. The first-order chi connectivity index (χ1) is 12.6. The van der Waals surface area contributed by atoms with Crippen molar-refractivity contribution in [3.8, 4) is 0 Å². The fraction of sp³-hybridized carbons (Fsp3) is 0.200. The standard InChI is InChI=1S/C20H16N2O4/c23-17-13-9-3-7-11(15(13)19(25)21-17)5-1-2-6-12-8-4-10-14-16(12)20(26)22-18(14)24/h3-4,7-10H,1-2,5-6H2,(H,21,23,25)(H,22,24,26). The van der Waals surface area contributed by atoms with Crippen LogP contribution in [-0.4, -0.2) is 23.6 Å². The molecule has 0 atom stereocenters. The number of fused-ring (bicyclic) bond motifs is 2. The highest BCUT2D eigenvalue weighted by Crippen LogP contribution is 2.24. The van der Waals surface area contributed by atoms with Gasteiger partial charge >= 0.3 is 0 Å². The lowest BCUT2D eigenvalue weighted by atomic mass is 9.95. The van der Waals surface area contributed by atoms with E-state index >= 15 is 0 Å². The fourth-order valence-corrected chi connectivity index (χ4v) is 3.63. The first-order valence-corrected chi connectivity index (χ1v) is 8.51. The summed E-state index contributed by atoms with van der Waals surface area (Å²) in [5, 5.41) is 4.64. The van der Waals surface area contributed by atoms with Crippen LogP contribution in [0.2, 0.25) is 0 Å². The van der Waals surface area contributed by atoms with Crippen molar-refractivity contribution in [1.82, 2.24) is 10.6 Å². The summed E-state index contributed by atoms with van der Waals surface area (Å²) in [7, 11) is 0. The Hall–Kier alpha value is -3.28. The lowest BCUT2D eigenvalue weighted by molar-refractivity contribution is 0.0862. The zero-order valence-electron chi connectivity index (χ0n) is 13.9. The predicted octanol–water partition coefficient (Wildman–Crippen LogP) is 2.02. The normalized spacial score (nSPS) is 14.9. The van der Waals surface area contributed by atoms with Crippen molar-refractivity contribution in [2.75, 3.05) is 0 Å². The number of benzene rings is 2. The van der Waals surface area contributed by atoms with Crippen LogP contribution >= 0.6 is 0 Å². The number of imide groups is 2. The summed E-state index contributed by atoms with van der Waals surface area (Å²) in [6.07, 6.45) is 2.95. The van der Waals surface area contributed by atoms with E-state index in [1.807, 2.05) is 12.1 Å². The van der Waals surface area contributed by atoms with Gasteiger partial charge in [-0.25, -0.2) is 0 Å². The lowest BCUT2D eigenvalue weighted by Gasteiger charge is -2.08. The Bertz CT molecular complexity index is 898. The molecule has 2 aromatic rings. The van der Waals surface area contributed by atoms with Gasteiger partial charge in [0.25, 0.3) is 23.6 Å². The van der Waals surface area contributed by atoms with Crippen LogP contribution in [0, 0.1) is 0 Å². The van der Waals surface area contributed by atoms with Gasteiger partial charge < -0.3 is 0 Å². The molecule has 0 spiro atoms. The highest BCUT2D eigenvalue weighted by Gasteiger charge is 2.30. The van der Waals surface area contributed by atoms with Crippen molar-refractivity contribution in [1.29, 1.82) is 0 Å². The van der Waals surface area contributed by atoms with Gasteiger partial charge in [0, 0.05) is 0 Å². The molecule has 2 aliphatic rings. The zero-order valence-corrected chi connectivity index (χ0v) is 13.9. The minimum atomic E-state index is -0.345. The van der Waals surface area contributed by atoms with Crippen molar-refractivity contribution in [2.24, 2.45) is 0 Å². The first-order valence-electron chi connectivity index (χ1n) is 8.51. The highest BCUT2D eigenvalue weighted by atomic mass is 16.2. The molecule has 6 nitrogen and oxygen atoms in total. The van der Waals surface area contributed by atoms with E-state index in [1.165, 1.54) is 0 Å². The maximum atomic E-state index is 11.9. The summed E-state index contributed by atoms with van der Waals surface area (Å²) in [6, 6.07) is 10.6. The van der Waals surface area contributed by atoms with Crippen molar-refractivity contribution >= 4 is 23.6 Å². The number of unbranched alkanes of at least 4 members (excludes halogenated alkanes) is 1. The topological polar surface area (TPSA) is 92.3 Å². The molecule has 130 valence electrons. The molecule has 4 rings (SSSR count). The molecule has 2 heterocycles. The van der Waals surface area contributed by atoms with Crippen LogP contribution < -0.4 is 10.6 Å². The van der Waals surface area contributed by atoms with Gasteiger partial charge in [0.1, 0.15) is 0 Å². The van der Waals surface area contributed by atoms with E-state index in [2.05, 4.69) is 10.6 Å². The maximum Gasteiger partial charge on any atom is 0.259 e. The molecular weight excluding hydrogens is 332 g/mol. The first kappa shape index (κ1) is 16.2. The fourth-order valence-electron chi connectivity index (χ4n) is 3.63. The second kappa shape index (κ2) is 6.22. The Kier molecular flexibility index (Phi) is 3.88. The van der Waals surface area contributed by atoms with Crippen LogP contribution in [0.1, 0.15) is 65.4 Å². The van der Waals surface area contributed by atoms with Gasteiger partial charge in [-0.1, -0.05) is 24.3 Å². The van der Waals surface area contributed by atoms with Gasteiger partial charge in [-0.2, -0.15) is 0 Å². The number of amides is 4. The smallest absolute Gasteiger partial charge is 0.259 e. The SMILES string of the molecule is O=C1NC(=O)c2c(CCCCc3cccc4c3C(=O)NC4=O)cccc21. The van der Waals surface area contributed by atoms with Crippen LogP contribution in [-0.2, 0) is 12.8 Å². The van der Waals surface area contributed by atoms with Crippen LogP contribution in [0.25, 0.3) is 0 Å². The molecule has 4 amide bonds. The number of carbonyl (C=O) groups excluding carboxylic acids is 4. The molecule has 6 heteroatoms. The van der Waals surface area contributed by atoms with Crippen molar-refractivity contribution < 1.29 is 19.2 Å². The number of hydrogen-bond acceptors (Lipinski definition) is 4. The van der Waals surface area contributed by atoms with Gasteiger partial charge in [-0.05, 0) is 48.9 Å². The predicted molar refractivity (Wildman–Crippen MR) is 93.1 cm³/mol. The molecule has 26 heavy (non-hydrogen) atoms. The molecule has 2 aromatic carbocycles. The second-order valence-electron chi connectivity index (χ2n) is 6.45. The Balaban J connectivity index is 1.44. The maximum absolute atomic E-state index is 11.9. The minimum absolute atomic E-state index is 0.336. The van der Waals surface area contributed by atoms with Gasteiger partial charge in [0.15, 0.2) is 0 Å². The van der Waals surface area contributed by atoms with Crippen LogP contribution in [0.5, 0.6) is 0 Å². The second-order valence-corrected chi connectivity index (χ2v) is 6.45. The van der Waals surface area contributed by atoms with Crippen LogP contribution in [0.15, 0.2) is 36.4 Å². The average molecular weight is 348 g/mol. The van der Waals surface area contributed by atoms with E-state index in [1.54, 1.807) is 24.3 Å². The molecule has 0 saturated carbocycles. The molecule has 2 aliphatic heterocycles. The number of hydrogen-bond donors (Lipinski definition) is 2. The molecule has 0 saturated heterocycles. The van der Waals surface area contributed by atoms with E-state index in [9.17, 15) is 19.2 Å². The average Bonchev–Trinajstić information content (AvgIpc) is 3.09. The third kappa shape index (κ3) is 2.60. The number of nitrogens with one attached hydrogen (secondary N) is 2. The number of rotatable bonds is 5. The minimum Gasteiger partial charge on any atom is -0.288 e. The summed E-state index contributed by atoms with van der Waals surface area (Å²) >= 11 is 0. The summed E-state index contributed by atoms with van der Waals surface area (Å²) < 4.78 is 0. The Morgan fingerprint density at radius 3 is 1.42 bits per heavy atom. The molecule has 0 aromatic heterocycles. The van der Waals surface area contributed by atoms with Gasteiger partial charge in [0.2, 0.25) is 0 Å². The van der Waals surface area contributed by atoms with E-state index in [0.717, 1.165) is 24.0 Å². The van der Waals surface area contributed by atoms with Gasteiger partial charge in [-0.15, -0.1) is 0 Å². The quantitative estimate of drug-likeness (QED) is 0.639. The monoisotopic (exact) mass is 348 g/mol. The van der Waals surface area contributed by atoms with Crippen molar-refractivity contribution in [2.45, 2.75) is 25.7 Å².